The number of ether oxygens (including phenoxy) is 1. The number of benzene rings is 1. The van der Waals surface area contributed by atoms with Gasteiger partial charge in [0.05, 0.1) is 19.1 Å². The third-order valence-electron chi connectivity index (χ3n) is 2.40. The molecule has 7 heteroatoms. The molecular formula is C12H18N2O4S. The maximum absolute atomic E-state index is 11.5. The van der Waals surface area contributed by atoms with Crippen LogP contribution in [0.25, 0.3) is 0 Å². The van der Waals surface area contributed by atoms with E-state index in [4.69, 9.17) is 0 Å². The third kappa shape index (κ3) is 5.17. The van der Waals surface area contributed by atoms with Gasteiger partial charge < -0.3 is 10.1 Å². The lowest BCUT2D eigenvalue weighted by Crippen LogP contribution is -2.29. The quantitative estimate of drug-likeness (QED) is 0.773. The predicted octanol–water partition coefficient (Wildman–Crippen LogP) is 1.42. The van der Waals surface area contributed by atoms with Crippen molar-refractivity contribution in [3.8, 4) is 0 Å². The van der Waals surface area contributed by atoms with Crippen LogP contribution in [0, 0.1) is 0 Å². The molecule has 0 aliphatic carbocycles. The molecule has 0 spiro atoms. The van der Waals surface area contributed by atoms with Gasteiger partial charge in [0, 0.05) is 5.69 Å². The summed E-state index contributed by atoms with van der Waals surface area (Å²) in [5, 5.41) is 3.00. The van der Waals surface area contributed by atoms with Crippen molar-refractivity contribution in [2.24, 2.45) is 0 Å². The van der Waals surface area contributed by atoms with E-state index in [2.05, 4.69) is 14.8 Å². The number of sulfonamides is 1. The van der Waals surface area contributed by atoms with E-state index < -0.39 is 16.1 Å². The van der Waals surface area contributed by atoms with E-state index in [9.17, 15) is 13.2 Å². The third-order valence-corrected chi connectivity index (χ3v) is 3.01. The van der Waals surface area contributed by atoms with Gasteiger partial charge in [-0.3, -0.25) is 4.72 Å². The largest absolute Gasteiger partial charge is 0.467 e. The average Bonchev–Trinajstić information content (AvgIpc) is 2.33. The number of hydrogen-bond acceptors (Lipinski definition) is 5. The number of rotatable bonds is 6. The van der Waals surface area contributed by atoms with Gasteiger partial charge in [-0.25, -0.2) is 13.2 Å². The van der Waals surface area contributed by atoms with Gasteiger partial charge in [0.15, 0.2) is 0 Å². The van der Waals surface area contributed by atoms with Crippen molar-refractivity contribution < 1.29 is 17.9 Å². The van der Waals surface area contributed by atoms with Crippen molar-refractivity contribution in [3.05, 3.63) is 24.3 Å². The SMILES string of the molecule is CCC(Nc1cccc(NS(C)(=O)=O)c1)C(=O)OC. The predicted molar refractivity (Wildman–Crippen MR) is 74.6 cm³/mol. The summed E-state index contributed by atoms with van der Waals surface area (Å²) in [5.41, 5.74) is 1.08. The normalized spacial score (nSPS) is 12.6. The van der Waals surface area contributed by atoms with Gasteiger partial charge in [0.25, 0.3) is 0 Å². The number of carbonyl (C=O) groups excluding carboxylic acids is 1. The topological polar surface area (TPSA) is 84.5 Å². The molecule has 0 bridgehead atoms. The molecule has 0 amide bonds. The number of carbonyl (C=O) groups is 1. The number of hydrogen-bond donors (Lipinski definition) is 2. The zero-order valence-electron chi connectivity index (χ0n) is 11.1. The fraction of sp³-hybridized carbons (Fsp3) is 0.417. The van der Waals surface area contributed by atoms with Gasteiger partial charge in [0.2, 0.25) is 10.0 Å². The Morgan fingerprint density at radius 1 is 1.37 bits per heavy atom. The summed E-state index contributed by atoms with van der Waals surface area (Å²) in [7, 11) is -1.99. The van der Waals surface area contributed by atoms with E-state index in [1.165, 1.54) is 7.11 Å². The second-order valence-electron chi connectivity index (χ2n) is 4.08. The molecule has 0 aliphatic heterocycles. The van der Waals surface area contributed by atoms with Crippen molar-refractivity contribution in [3.63, 3.8) is 0 Å². The first kappa shape index (κ1) is 15.3. The Balaban J connectivity index is 2.84. The molecule has 2 N–H and O–H groups in total. The maximum atomic E-state index is 11.5. The molecule has 1 rings (SSSR count). The molecule has 0 saturated heterocycles. The van der Waals surface area contributed by atoms with Crippen molar-refractivity contribution in [1.82, 2.24) is 0 Å². The smallest absolute Gasteiger partial charge is 0.328 e. The minimum absolute atomic E-state index is 0.357. The standard InChI is InChI=1S/C12H18N2O4S/c1-4-11(12(15)18-2)13-9-6-5-7-10(8-9)14-19(3,16)17/h5-8,11,13-14H,4H2,1-3H3. The maximum Gasteiger partial charge on any atom is 0.328 e. The first-order chi connectivity index (χ1) is 8.85. The van der Waals surface area contributed by atoms with Crippen LogP contribution in [0.15, 0.2) is 24.3 Å². The average molecular weight is 286 g/mol. The highest BCUT2D eigenvalue weighted by molar-refractivity contribution is 7.92. The molecular weight excluding hydrogens is 268 g/mol. The van der Waals surface area contributed by atoms with Crippen LogP contribution in [0.3, 0.4) is 0 Å². The molecule has 106 valence electrons. The van der Waals surface area contributed by atoms with Crippen LogP contribution in [0.5, 0.6) is 0 Å². The van der Waals surface area contributed by atoms with Crippen molar-refractivity contribution in [2.45, 2.75) is 19.4 Å². The second-order valence-corrected chi connectivity index (χ2v) is 5.83. The van der Waals surface area contributed by atoms with Gasteiger partial charge in [0.1, 0.15) is 6.04 Å². The summed E-state index contributed by atoms with van der Waals surface area (Å²) in [5.74, 6) is -0.357. The van der Waals surface area contributed by atoms with E-state index in [1.54, 1.807) is 24.3 Å². The van der Waals surface area contributed by atoms with Crippen LogP contribution < -0.4 is 10.0 Å². The zero-order valence-corrected chi connectivity index (χ0v) is 12.0. The second kappa shape index (κ2) is 6.42. The highest BCUT2D eigenvalue weighted by Crippen LogP contribution is 2.17. The van der Waals surface area contributed by atoms with Crippen molar-refractivity contribution in [2.75, 3.05) is 23.4 Å². The summed E-state index contributed by atoms with van der Waals surface area (Å²) in [6, 6.07) is 6.23. The van der Waals surface area contributed by atoms with E-state index in [1.807, 2.05) is 6.92 Å². The highest BCUT2D eigenvalue weighted by Gasteiger charge is 2.16. The molecule has 0 aliphatic rings. The van der Waals surface area contributed by atoms with Crippen molar-refractivity contribution >= 4 is 27.4 Å². The van der Waals surface area contributed by atoms with Gasteiger partial charge in [-0.05, 0) is 24.6 Å². The van der Waals surface area contributed by atoms with E-state index in [-0.39, 0.29) is 5.97 Å². The fourth-order valence-corrected chi connectivity index (χ4v) is 2.11. The first-order valence-electron chi connectivity index (χ1n) is 5.78. The number of nitrogens with one attached hydrogen (secondary N) is 2. The molecule has 0 saturated carbocycles. The van der Waals surface area contributed by atoms with Crippen molar-refractivity contribution in [1.29, 1.82) is 0 Å². The van der Waals surface area contributed by atoms with Crippen LogP contribution in [0.1, 0.15) is 13.3 Å². The Hall–Kier alpha value is -1.76. The Labute approximate surface area is 113 Å². The summed E-state index contributed by atoms with van der Waals surface area (Å²) < 4.78 is 29.3. The lowest BCUT2D eigenvalue weighted by molar-refractivity contribution is -0.141. The monoisotopic (exact) mass is 286 g/mol. The van der Waals surface area contributed by atoms with Crippen LogP contribution in [-0.2, 0) is 19.6 Å². The summed E-state index contributed by atoms with van der Waals surface area (Å²) in [4.78, 5) is 11.5. The number of methoxy groups -OCH3 is 1. The van der Waals surface area contributed by atoms with Crippen LogP contribution >= 0.6 is 0 Å². The van der Waals surface area contributed by atoms with E-state index in [0.29, 0.717) is 17.8 Å². The number of esters is 1. The van der Waals surface area contributed by atoms with Gasteiger partial charge >= 0.3 is 5.97 Å². The van der Waals surface area contributed by atoms with Gasteiger partial charge in [-0.15, -0.1) is 0 Å². The summed E-state index contributed by atoms with van der Waals surface area (Å²) in [6.07, 6.45) is 1.65. The molecule has 6 nitrogen and oxygen atoms in total. The lowest BCUT2D eigenvalue weighted by Gasteiger charge is -2.16. The molecule has 0 fully saturated rings. The Morgan fingerprint density at radius 2 is 2.00 bits per heavy atom. The Morgan fingerprint density at radius 3 is 2.53 bits per heavy atom. The zero-order chi connectivity index (χ0) is 14.5. The molecule has 1 unspecified atom stereocenters. The van der Waals surface area contributed by atoms with E-state index in [0.717, 1.165) is 6.26 Å². The van der Waals surface area contributed by atoms with Crippen LogP contribution in [0.4, 0.5) is 11.4 Å². The molecule has 19 heavy (non-hydrogen) atoms. The summed E-state index contributed by atoms with van der Waals surface area (Å²) in [6.45, 7) is 1.85. The van der Waals surface area contributed by atoms with E-state index >= 15 is 0 Å². The highest BCUT2D eigenvalue weighted by atomic mass is 32.2. The molecule has 1 aromatic carbocycles. The molecule has 0 heterocycles. The Bertz CT molecular complexity index is 542. The van der Waals surface area contributed by atoms with Crippen LogP contribution in [0.2, 0.25) is 0 Å². The fourth-order valence-electron chi connectivity index (χ4n) is 1.56. The van der Waals surface area contributed by atoms with Crippen LogP contribution in [-0.4, -0.2) is 33.8 Å². The summed E-state index contributed by atoms with van der Waals surface area (Å²) >= 11 is 0. The van der Waals surface area contributed by atoms with Gasteiger partial charge in [-0.2, -0.15) is 0 Å². The number of anilines is 2. The Kier molecular flexibility index (Phi) is 5.17. The molecule has 1 atom stereocenters. The first-order valence-corrected chi connectivity index (χ1v) is 7.67. The molecule has 0 radical (unpaired) electrons. The van der Waals surface area contributed by atoms with Gasteiger partial charge in [-0.1, -0.05) is 13.0 Å². The minimum Gasteiger partial charge on any atom is -0.467 e. The molecule has 0 aromatic heterocycles. The lowest BCUT2D eigenvalue weighted by atomic mass is 10.2. The minimum atomic E-state index is -3.32. The molecule has 1 aromatic rings.